The van der Waals surface area contributed by atoms with Crippen LogP contribution in [0.5, 0.6) is 0 Å². The molecule has 10 heteroatoms. The van der Waals surface area contributed by atoms with Crippen LogP contribution in [0.25, 0.3) is 11.4 Å². The molecule has 0 aliphatic rings. The zero-order valence-corrected chi connectivity index (χ0v) is 11.5. The van der Waals surface area contributed by atoms with Crippen molar-refractivity contribution in [3.63, 3.8) is 0 Å². The third kappa shape index (κ3) is 7.63. The SMILES string of the molecule is N#CCC[n+]1ccc(-c2ncccn2)cn1.O=S(=O)([O-])O. The average molecular weight is 309 g/mol. The quantitative estimate of drug-likeness (QED) is 0.464. The van der Waals surface area contributed by atoms with Crippen LogP contribution >= 0.6 is 0 Å². The van der Waals surface area contributed by atoms with Gasteiger partial charge in [0, 0.05) is 24.0 Å². The van der Waals surface area contributed by atoms with Crippen molar-refractivity contribution in [2.75, 3.05) is 0 Å². The second-order valence-electron chi connectivity index (χ2n) is 3.59. The average Bonchev–Trinajstić information content (AvgIpc) is 2.45. The Hall–Kier alpha value is -2.48. The fraction of sp³-hybridized carbons (Fsp3) is 0.182. The fourth-order valence-electron chi connectivity index (χ4n) is 1.26. The van der Waals surface area contributed by atoms with Crippen molar-refractivity contribution in [3.05, 3.63) is 36.9 Å². The van der Waals surface area contributed by atoms with Crippen LogP contribution in [-0.4, -0.2) is 32.6 Å². The molecule has 110 valence electrons. The number of aryl methyl sites for hydroxylation is 1. The van der Waals surface area contributed by atoms with Crippen LogP contribution in [0.15, 0.2) is 36.9 Å². The maximum atomic E-state index is 8.63. The highest BCUT2D eigenvalue weighted by Crippen LogP contribution is 2.08. The minimum atomic E-state index is -4.92. The van der Waals surface area contributed by atoms with Crippen LogP contribution in [0, 0.1) is 11.3 Å². The molecule has 0 atom stereocenters. The van der Waals surface area contributed by atoms with E-state index in [4.69, 9.17) is 22.8 Å². The Morgan fingerprint density at radius 3 is 2.48 bits per heavy atom. The number of nitrogens with zero attached hydrogens (tertiary/aromatic N) is 5. The number of nitriles is 1. The van der Waals surface area contributed by atoms with Crippen LogP contribution < -0.4 is 4.68 Å². The predicted molar refractivity (Wildman–Crippen MR) is 68.0 cm³/mol. The summed E-state index contributed by atoms with van der Waals surface area (Å²) in [5, 5.41) is 12.6. The molecule has 21 heavy (non-hydrogen) atoms. The van der Waals surface area contributed by atoms with Gasteiger partial charge < -0.3 is 4.55 Å². The van der Waals surface area contributed by atoms with Crippen molar-refractivity contribution in [3.8, 4) is 17.5 Å². The van der Waals surface area contributed by atoms with Crippen molar-refractivity contribution in [2.45, 2.75) is 13.0 Å². The molecular formula is C11H11N5O4S. The summed E-state index contributed by atoms with van der Waals surface area (Å²) in [4.78, 5) is 8.26. The van der Waals surface area contributed by atoms with Gasteiger partial charge in [0.25, 0.3) is 0 Å². The molecule has 0 aliphatic carbocycles. The van der Waals surface area contributed by atoms with E-state index < -0.39 is 10.4 Å². The molecule has 0 bridgehead atoms. The zero-order chi connectivity index (χ0) is 15.7. The van der Waals surface area contributed by atoms with Gasteiger partial charge in [0.2, 0.25) is 10.4 Å². The van der Waals surface area contributed by atoms with Crippen molar-refractivity contribution < 1.29 is 22.2 Å². The van der Waals surface area contributed by atoms with Crippen molar-refractivity contribution in [2.24, 2.45) is 0 Å². The lowest BCUT2D eigenvalue weighted by Crippen LogP contribution is -2.37. The van der Waals surface area contributed by atoms with Crippen molar-refractivity contribution in [1.82, 2.24) is 15.1 Å². The summed E-state index contributed by atoms with van der Waals surface area (Å²) in [5.74, 6) is 0.655. The van der Waals surface area contributed by atoms with Crippen LogP contribution in [0.2, 0.25) is 0 Å². The van der Waals surface area contributed by atoms with E-state index in [1.54, 1.807) is 29.3 Å². The summed E-state index contributed by atoms with van der Waals surface area (Å²) in [6.45, 7) is 0.604. The standard InChI is InChI=1S/C11H10N5.H2O4S/c12-4-1-7-16-8-3-10(9-15-16)11-13-5-2-6-14-11;1-5(2,3)4/h2-3,5-6,8-9H,1,7H2;(H2,1,2,3,4)/q+1;/p-1. The van der Waals surface area contributed by atoms with Crippen molar-refractivity contribution in [1.29, 1.82) is 5.26 Å². The van der Waals surface area contributed by atoms with E-state index in [0.29, 0.717) is 18.8 Å². The smallest absolute Gasteiger partial charge is 0.215 e. The minimum Gasteiger partial charge on any atom is -0.726 e. The van der Waals surface area contributed by atoms with Gasteiger partial charge in [-0.3, -0.25) is 4.55 Å². The van der Waals surface area contributed by atoms with Crippen LogP contribution in [0.4, 0.5) is 0 Å². The number of aromatic nitrogens is 4. The molecule has 0 saturated heterocycles. The third-order valence-corrected chi connectivity index (χ3v) is 2.05. The molecule has 0 spiro atoms. The summed E-state index contributed by atoms with van der Waals surface area (Å²) in [7, 11) is -4.92. The molecule has 0 aliphatic heterocycles. The third-order valence-electron chi connectivity index (χ3n) is 2.05. The molecule has 0 unspecified atom stereocenters. The van der Waals surface area contributed by atoms with E-state index >= 15 is 0 Å². The maximum Gasteiger partial charge on any atom is 0.215 e. The lowest BCUT2D eigenvalue weighted by atomic mass is 10.3. The van der Waals surface area contributed by atoms with Crippen molar-refractivity contribution >= 4 is 10.4 Å². The number of hydrogen-bond donors (Lipinski definition) is 1. The Labute approximate surface area is 121 Å². The zero-order valence-electron chi connectivity index (χ0n) is 10.7. The molecule has 0 radical (unpaired) electrons. The number of hydrogen-bond acceptors (Lipinski definition) is 7. The molecule has 0 amide bonds. The van der Waals surface area contributed by atoms with Crippen LogP contribution in [0.1, 0.15) is 6.42 Å². The van der Waals surface area contributed by atoms with E-state index in [2.05, 4.69) is 21.1 Å². The highest BCUT2D eigenvalue weighted by atomic mass is 32.3. The Balaban J connectivity index is 0.000000383. The fourth-order valence-corrected chi connectivity index (χ4v) is 1.26. The minimum absolute atomic E-state index is 0.457. The van der Waals surface area contributed by atoms with E-state index in [1.807, 2.05) is 12.3 Å². The number of rotatable bonds is 3. The molecule has 2 aromatic heterocycles. The maximum absolute atomic E-state index is 8.63. The normalized spacial score (nSPS) is 10.1. The van der Waals surface area contributed by atoms with E-state index in [0.717, 1.165) is 5.56 Å². The second kappa shape index (κ2) is 7.95. The van der Waals surface area contributed by atoms with Gasteiger partial charge >= 0.3 is 0 Å². The van der Waals surface area contributed by atoms with Gasteiger partial charge in [-0.25, -0.2) is 18.4 Å². The predicted octanol–water partition coefficient (Wildman–Crippen LogP) is -0.256. The summed E-state index contributed by atoms with van der Waals surface area (Å²) >= 11 is 0. The van der Waals surface area contributed by atoms with E-state index in [9.17, 15) is 0 Å². The summed E-state index contributed by atoms with van der Waals surface area (Å²) < 4.78 is 34.6. The van der Waals surface area contributed by atoms with Crippen LogP contribution in [-0.2, 0) is 16.9 Å². The summed E-state index contributed by atoms with van der Waals surface area (Å²) in [6, 6.07) is 5.74. The van der Waals surface area contributed by atoms with Crippen LogP contribution in [0.3, 0.4) is 0 Å². The molecule has 9 nitrogen and oxygen atoms in total. The largest absolute Gasteiger partial charge is 0.726 e. The van der Waals surface area contributed by atoms with Gasteiger partial charge in [-0.15, -0.1) is 0 Å². The molecule has 0 aromatic carbocycles. The molecule has 2 heterocycles. The molecule has 2 aromatic rings. The Morgan fingerprint density at radius 1 is 1.38 bits per heavy atom. The van der Waals surface area contributed by atoms with Gasteiger partial charge in [-0.1, -0.05) is 4.68 Å². The van der Waals surface area contributed by atoms with Gasteiger partial charge in [0.05, 0.1) is 12.5 Å². The Kier molecular flexibility index (Phi) is 6.28. The monoisotopic (exact) mass is 309 g/mol. The Morgan fingerprint density at radius 2 is 2.00 bits per heavy atom. The summed E-state index contributed by atoms with van der Waals surface area (Å²) in [6.07, 6.45) is 7.37. The first kappa shape index (κ1) is 16.6. The molecule has 1 N–H and O–H groups in total. The first-order valence-electron chi connectivity index (χ1n) is 5.58. The lowest BCUT2D eigenvalue weighted by Gasteiger charge is -1.96. The Bertz CT molecular complexity index is 690. The summed E-state index contributed by atoms with van der Waals surface area (Å²) in [5.41, 5.74) is 0.869. The van der Waals surface area contributed by atoms with Gasteiger partial charge in [0.1, 0.15) is 6.20 Å². The molecule has 0 fully saturated rings. The molecular weight excluding hydrogens is 298 g/mol. The lowest BCUT2D eigenvalue weighted by molar-refractivity contribution is -0.752. The van der Waals surface area contributed by atoms with Gasteiger partial charge in [-0.2, -0.15) is 5.26 Å². The topological polar surface area (TPSA) is 144 Å². The highest BCUT2D eigenvalue weighted by molar-refractivity contribution is 7.79. The van der Waals surface area contributed by atoms with Gasteiger partial charge in [-0.05, 0) is 11.2 Å². The molecule has 0 saturated carbocycles. The first-order chi connectivity index (χ1) is 9.90. The van der Waals surface area contributed by atoms with E-state index in [1.165, 1.54) is 0 Å². The van der Waals surface area contributed by atoms with E-state index in [-0.39, 0.29) is 0 Å². The molecule has 2 rings (SSSR count). The second-order valence-corrected chi connectivity index (χ2v) is 4.44. The highest BCUT2D eigenvalue weighted by Gasteiger charge is 2.05. The first-order valence-corrected chi connectivity index (χ1v) is 6.95. The van der Waals surface area contributed by atoms with Gasteiger partial charge in [0.15, 0.2) is 18.6 Å².